The SMILES string of the molecule is CC(C)[C@H](CCCCNC(=O)OC(C)(C)C)N(CCCCCCNC(=O)OC(C)(C)C)S(=O)(=O)c1ccccc1[N+](=O)[O-]. The van der Waals surface area contributed by atoms with Crippen molar-refractivity contribution in [2.45, 2.75) is 122 Å². The molecule has 0 aromatic heterocycles. The van der Waals surface area contributed by atoms with Crippen molar-refractivity contribution in [3.63, 3.8) is 0 Å². The van der Waals surface area contributed by atoms with Crippen molar-refractivity contribution in [3.8, 4) is 0 Å². The molecule has 0 saturated carbocycles. The van der Waals surface area contributed by atoms with Gasteiger partial charge in [0.25, 0.3) is 5.69 Å². The highest BCUT2D eigenvalue weighted by molar-refractivity contribution is 7.89. The van der Waals surface area contributed by atoms with Gasteiger partial charge in [-0.25, -0.2) is 18.0 Å². The molecule has 0 saturated heterocycles. The highest BCUT2D eigenvalue weighted by Gasteiger charge is 2.36. The molecular formula is C30H52N4O8S. The molecule has 2 N–H and O–H groups in total. The maximum atomic E-state index is 14.0. The Morgan fingerprint density at radius 3 is 1.84 bits per heavy atom. The Balaban J connectivity index is 2.93. The Morgan fingerprint density at radius 2 is 1.35 bits per heavy atom. The number of hydrogen-bond acceptors (Lipinski definition) is 8. The van der Waals surface area contributed by atoms with E-state index in [-0.39, 0.29) is 17.4 Å². The summed E-state index contributed by atoms with van der Waals surface area (Å²) in [6.45, 7) is 15.6. The Morgan fingerprint density at radius 1 is 0.860 bits per heavy atom. The fraction of sp³-hybridized carbons (Fsp3) is 0.733. The molecule has 0 bridgehead atoms. The summed E-state index contributed by atoms with van der Waals surface area (Å²) < 4.78 is 39.8. The summed E-state index contributed by atoms with van der Waals surface area (Å²) in [6, 6.07) is 5.02. The number of para-hydroxylation sites is 1. The van der Waals surface area contributed by atoms with E-state index < -0.39 is 50.1 Å². The van der Waals surface area contributed by atoms with E-state index in [1.807, 2.05) is 13.8 Å². The largest absolute Gasteiger partial charge is 0.444 e. The number of sulfonamides is 1. The van der Waals surface area contributed by atoms with Crippen molar-refractivity contribution in [2.24, 2.45) is 5.92 Å². The summed E-state index contributed by atoms with van der Waals surface area (Å²) in [6.07, 6.45) is 3.52. The molecule has 0 unspecified atom stereocenters. The van der Waals surface area contributed by atoms with Crippen LogP contribution >= 0.6 is 0 Å². The lowest BCUT2D eigenvalue weighted by Gasteiger charge is -2.34. The van der Waals surface area contributed by atoms with Crippen molar-refractivity contribution in [2.75, 3.05) is 19.6 Å². The van der Waals surface area contributed by atoms with Crippen molar-refractivity contribution < 1.29 is 32.4 Å². The van der Waals surface area contributed by atoms with Crippen LogP contribution in [0.25, 0.3) is 0 Å². The fourth-order valence-corrected chi connectivity index (χ4v) is 6.45. The quantitative estimate of drug-likeness (QED) is 0.114. The number of nitrogens with one attached hydrogen (secondary N) is 2. The zero-order valence-electron chi connectivity index (χ0n) is 27.1. The first kappa shape index (κ1) is 38.1. The van der Waals surface area contributed by atoms with Crippen molar-refractivity contribution >= 4 is 27.9 Å². The molecule has 1 aromatic rings. The number of amides is 2. The molecule has 2 amide bonds. The number of rotatable bonds is 17. The predicted octanol–water partition coefficient (Wildman–Crippen LogP) is 6.39. The number of carbonyl (C=O) groups excluding carboxylic acids is 2. The Bertz CT molecular complexity index is 1140. The summed E-state index contributed by atoms with van der Waals surface area (Å²) in [5.74, 6) is -0.0608. The predicted molar refractivity (Wildman–Crippen MR) is 166 cm³/mol. The molecule has 0 aliphatic carbocycles. The minimum absolute atomic E-state index is 0.0608. The number of nitro groups is 1. The summed E-state index contributed by atoms with van der Waals surface area (Å²) in [5, 5.41) is 17.1. The average molecular weight is 629 g/mol. The lowest BCUT2D eigenvalue weighted by molar-refractivity contribution is -0.387. The van der Waals surface area contributed by atoms with Crippen LogP contribution in [0.1, 0.15) is 100 Å². The van der Waals surface area contributed by atoms with Crippen LogP contribution in [0.2, 0.25) is 0 Å². The number of nitrogens with zero attached hydrogens (tertiary/aromatic N) is 2. The fourth-order valence-electron chi connectivity index (χ4n) is 4.46. The highest BCUT2D eigenvalue weighted by Crippen LogP contribution is 2.31. The second-order valence-corrected chi connectivity index (χ2v) is 14.8. The van der Waals surface area contributed by atoms with Gasteiger partial charge >= 0.3 is 12.2 Å². The summed E-state index contributed by atoms with van der Waals surface area (Å²) >= 11 is 0. The molecule has 12 nitrogen and oxygen atoms in total. The van der Waals surface area contributed by atoms with Gasteiger partial charge in [0.15, 0.2) is 4.90 Å². The third-order valence-corrected chi connectivity index (χ3v) is 8.33. The Labute approximate surface area is 257 Å². The molecule has 0 aliphatic heterocycles. The number of unbranched alkanes of at least 4 members (excludes halogenated alkanes) is 4. The van der Waals surface area contributed by atoms with E-state index in [4.69, 9.17) is 9.47 Å². The number of alkyl carbamates (subject to hydrolysis) is 2. The molecule has 0 fully saturated rings. The van der Waals surface area contributed by atoms with Gasteiger partial charge in [0.05, 0.1) is 4.92 Å². The summed E-state index contributed by atoms with van der Waals surface area (Å²) in [7, 11) is -4.20. The van der Waals surface area contributed by atoms with Crippen LogP contribution in [0, 0.1) is 16.0 Å². The lowest BCUT2D eigenvalue weighted by Crippen LogP contribution is -2.44. The molecule has 43 heavy (non-hydrogen) atoms. The second kappa shape index (κ2) is 17.4. The van der Waals surface area contributed by atoms with Crippen LogP contribution in [0.5, 0.6) is 0 Å². The molecule has 0 heterocycles. The number of hydrogen-bond donors (Lipinski definition) is 2. The van der Waals surface area contributed by atoms with Crippen LogP contribution in [0.15, 0.2) is 29.2 Å². The van der Waals surface area contributed by atoms with E-state index >= 15 is 0 Å². The van der Waals surface area contributed by atoms with E-state index in [0.29, 0.717) is 51.6 Å². The number of carbonyl (C=O) groups is 2. The number of benzene rings is 1. The van der Waals surface area contributed by atoms with Gasteiger partial charge < -0.3 is 20.1 Å². The average Bonchev–Trinajstić information content (AvgIpc) is 2.86. The topological polar surface area (TPSA) is 157 Å². The Kier molecular flexibility index (Phi) is 15.4. The molecule has 1 atom stereocenters. The lowest BCUT2D eigenvalue weighted by atomic mass is 9.98. The van der Waals surface area contributed by atoms with Gasteiger partial charge in [-0.2, -0.15) is 4.31 Å². The minimum atomic E-state index is -4.20. The van der Waals surface area contributed by atoms with Crippen molar-refractivity contribution in [1.29, 1.82) is 0 Å². The van der Waals surface area contributed by atoms with E-state index in [1.165, 1.54) is 28.6 Å². The summed E-state index contributed by atoms with van der Waals surface area (Å²) in [4.78, 5) is 34.5. The van der Waals surface area contributed by atoms with Crippen LogP contribution in [0.4, 0.5) is 15.3 Å². The zero-order valence-corrected chi connectivity index (χ0v) is 27.9. The third kappa shape index (κ3) is 14.9. The standard InChI is InChI=1S/C30H52N4O8S/c1-23(2)24(17-13-15-21-32-28(36)42-30(6,7)8)33(43(39,40)26-19-12-11-18-25(26)34(37)38)22-16-10-9-14-20-31-27(35)41-29(3,4)5/h11-12,18-19,23-24H,9-10,13-17,20-22H2,1-8H3,(H,31,35)(H,32,36)/t24-/m0/s1. The first-order valence-electron chi connectivity index (χ1n) is 15.0. The van der Waals surface area contributed by atoms with Crippen LogP contribution < -0.4 is 10.6 Å². The van der Waals surface area contributed by atoms with E-state index in [9.17, 15) is 28.1 Å². The van der Waals surface area contributed by atoms with Gasteiger partial charge in [-0.1, -0.05) is 45.2 Å². The normalized spacial score (nSPS) is 13.1. The van der Waals surface area contributed by atoms with Crippen LogP contribution in [-0.2, 0) is 19.5 Å². The molecular weight excluding hydrogens is 576 g/mol. The first-order valence-corrected chi connectivity index (χ1v) is 16.5. The minimum Gasteiger partial charge on any atom is -0.444 e. The molecule has 1 rings (SSSR count). The number of ether oxygens (including phenoxy) is 2. The monoisotopic (exact) mass is 628 g/mol. The van der Waals surface area contributed by atoms with E-state index in [0.717, 1.165) is 6.42 Å². The van der Waals surface area contributed by atoms with Crippen LogP contribution in [0.3, 0.4) is 0 Å². The molecule has 0 aliphatic rings. The summed E-state index contributed by atoms with van der Waals surface area (Å²) in [5.41, 5.74) is -1.63. The second-order valence-electron chi connectivity index (χ2n) is 12.9. The van der Waals surface area contributed by atoms with Gasteiger partial charge in [0.1, 0.15) is 11.2 Å². The smallest absolute Gasteiger partial charge is 0.407 e. The first-order chi connectivity index (χ1) is 19.8. The van der Waals surface area contributed by atoms with E-state index in [1.54, 1.807) is 41.5 Å². The Hall–Kier alpha value is -2.93. The molecule has 0 spiro atoms. The van der Waals surface area contributed by atoms with Gasteiger partial charge in [0.2, 0.25) is 10.0 Å². The van der Waals surface area contributed by atoms with Crippen molar-refractivity contribution in [3.05, 3.63) is 34.4 Å². The molecule has 246 valence electrons. The highest BCUT2D eigenvalue weighted by atomic mass is 32.2. The third-order valence-electron chi connectivity index (χ3n) is 6.36. The number of nitro benzene ring substituents is 1. The molecule has 13 heteroatoms. The van der Waals surface area contributed by atoms with Crippen LogP contribution in [-0.4, -0.2) is 66.7 Å². The van der Waals surface area contributed by atoms with Gasteiger partial charge in [-0.3, -0.25) is 10.1 Å². The molecule has 1 aromatic carbocycles. The zero-order chi connectivity index (χ0) is 32.8. The molecule has 0 radical (unpaired) electrons. The van der Waals surface area contributed by atoms with Gasteiger partial charge in [0, 0.05) is 31.7 Å². The maximum Gasteiger partial charge on any atom is 0.407 e. The maximum absolute atomic E-state index is 14.0. The van der Waals surface area contributed by atoms with Gasteiger partial charge in [-0.15, -0.1) is 0 Å². The van der Waals surface area contributed by atoms with Gasteiger partial charge in [-0.05, 0) is 79.2 Å². The van der Waals surface area contributed by atoms with Crippen molar-refractivity contribution in [1.82, 2.24) is 14.9 Å². The van der Waals surface area contributed by atoms with E-state index in [2.05, 4.69) is 10.6 Å².